The van der Waals surface area contributed by atoms with Gasteiger partial charge in [-0.1, -0.05) is 165 Å². The van der Waals surface area contributed by atoms with E-state index < -0.39 is 21.7 Å². The maximum atomic E-state index is 15.2. The highest BCUT2D eigenvalue weighted by molar-refractivity contribution is 6.05. The third-order valence-corrected chi connectivity index (χ3v) is 25.3. The summed E-state index contributed by atoms with van der Waals surface area (Å²) < 4.78 is 791. The molecule has 19 rings (SSSR count). The fourth-order valence-corrected chi connectivity index (χ4v) is 20.3. The van der Waals surface area contributed by atoms with Crippen LogP contribution in [0.15, 0.2) is 216 Å². The molecule has 1 N–H and O–H groups in total. The van der Waals surface area contributed by atoms with Crippen LogP contribution < -0.4 is 0 Å². The summed E-state index contributed by atoms with van der Waals surface area (Å²) >= 11 is 0. The smallest absolute Gasteiger partial charge is 0.178 e. The molecular weight excluding hydrogens is 1390 g/mol. The van der Waals surface area contributed by atoms with E-state index in [1.165, 1.54) is 18.2 Å². The van der Waals surface area contributed by atoms with Crippen LogP contribution in [0.3, 0.4) is 0 Å². The van der Waals surface area contributed by atoms with E-state index in [2.05, 4.69) is 59.9 Å². The van der Waals surface area contributed by atoms with Gasteiger partial charge in [-0.15, -0.1) is 0 Å². The molecule has 6 aliphatic rings. The van der Waals surface area contributed by atoms with Gasteiger partial charge in [-0.2, -0.15) is 10.5 Å². The van der Waals surface area contributed by atoms with E-state index in [4.69, 9.17) is 254 Å². The predicted molar refractivity (Wildman–Crippen MR) is 580 cm³/mol. The summed E-state index contributed by atoms with van der Waals surface area (Å²) in [6, 6.07) is 54.0. The Bertz CT molecular complexity index is 6450. The quantitative estimate of drug-likeness (QED) is 0.163. The first kappa shape index (κ1) is 26.5. The summed E-state index contributed by atoms with van der Waals surface area (Å²) in [5, 5.41) is 37.7. The first-order valence-corrected chi connectivity index (χ1v) is 37.8. The third-order valence-electron chi connectivity index (χ3n) is 25.3. The number of carbonyl (C=O) groups is 1. The Labute approximate surface area is 871 Å². The van der Waals surface area contributed by atoms with Crippen molar-refractivity contribution in [3.63, 3.8) is 0 Å². The van der Waals surface area contributed by atoms with Crippen LogP contribution in [0.25, 0.3) is 101 Å². The summed E-state index contributed by atoms with van der Waals surface area (Å²) in [6.45, 7) is 18.8. The molecule has 0 saturated carbocycles. The van der Waals surface area contributed by atoms with Gasteiger partial charge in [-0.3, -0.25) is 19.7 Å². The molecule has 18 heteroatoms. The number of aliphatic hydroxyl groups is 1. The Morgan fingerprint density at radius 3 is 1.29 bits per heavy atom. The molecule has 7 aromatic heterocycles. The van der Waals surface area contributed by atoms with Crippen molar-refractivity contribution in [2.75, 3.05) is 0 Å². The number of nitriles is 2. The Morgan fingerprint density at radius 1 is 0.459 bits per heavy atom. The first-order valence-electron chi connectivity index (χ1n) is 112. The number of halogens is 3. The third kappa shape index (κ3) is 11.4. The summed E-state index contributed by atoms with van der Waals surface area (Å²) in [6.07, 6.45) is 14.6. The molecule has 0 spiro atoms. The number of carbonyl (C=O) groups excluding carboxylic acids is 1. The van der Waals surface area contributed by atoms with Gasteiger partial charge in [-0.25, -0.2) is 43.1 Å². The SMILES string of the molecule is CC1(C)C(=O)C(C#N)=C[C@@]2(C)c3nc(-c4cccc5ncccc45)nc(-c4ccccc4F)c3CC[C@H]12.CC1(C)C(O)=C(C#N)C[C@@]2(C)c3nc(-c4cccc5ncccc45)nc(-c4ccccc4F)c3CC[C@H]12.CC1(C)c2oncc2C[C@@]2(C)c3nc(-c4cccc5ncccc45)nc(-c4ccccc4F)c3CC[C@H]12.[3HH].[3H][3H].[3H][3H].[3H][3H].[3H][3H].[3H][3H].[3H][3H].[3H][3H].[3H][3H].[3H][3H].[3H][3H].[3H][3H].[3H][3H].[3H][3H].[3H][3H].[3H][3H].[3H][3H].[3H][3H].[3H][3H].[3H][3H].[3H][3H].[3H][3H].[3H][3H].[3H][3H].[3H][3H].[3H][3H].[3H][3H].[3H][3H].[3H][3H].[3H][3H].[3H][3H].[3H][3H].[3H][3H].[3H][3H].[3H][3H].[3H][3H].[3H][3H].[3H][3H].[3H][3H].[3H][3H].[3H][3H].[3H][3H].[3H][3H].[3H][3H].[3H][3H].[3H][3H].[3H][3H].[3H][3H].[3H][3H].[3H][3H].[3H][3H].[3H][3H].[3H][3H].[3H][3H].[3H][3H].[3H][3H].[3H][3H].[3H][3H].[3H][3H].[3H][3H].[3H][3H].[3H][3H].[3H][3H].[3H][3H].[3H][3H].[3H][3H].[3H][3H].[3H][3H].[3H][3H].[3H][3H].[3H][3H].[3H][3H].[3H][3H].[3H][3H].[3H][3H]. The van der Waals surface area contributed by atoms with Crippen molar-refractivity contribution >= 4 is 38.5 Å². The molecule has 0 fully saturated rings. The lowest BCUT2D eigenvalue weighted by molar-refractivity contribution is -0.128. The number of aromatic nitrogens is 10. The van der Waals surface area contributed by atoms with Crippen LogP contribution >= 0.6 is 0 Å². The molecule has 0 radical (unpaired) electrons. The molecule has 6 aromatic carbocycles. The Hall–Kier alpha value is -12.3. The van der Waals surface area contributed by atoms with Crippen LogP contribution in [0.2, 0.25) is 0 Å². The molecule has 0 bridgehead atoms. The monoisotopic (exact) mass is 1920 g/mol. The molecule has 13 aromatic rings. The predicted octanol–water partition coefficient (Wildman–Crippen LogP) is 38.8. The standard InChI is InChI=1S/2C31H27FN4O.C31H25FN4O.75H2/c1-30(2)25-14-13-22-26(21-8-4-5-11-23(21)32)35-29(20-9-6-12-24-19(20)10-7-15-33-24)36-27(22)31(25,3)16-18-17-34-37-28(18)30;2*1-30(2)25-14-13-22-26(21-8-4-5-11-23(21)32)35-29(20-9-6-12-24-19(20)10-7-15-34-24)36-27(22)31(25,3)16-18(17-33)28(30)37;;;;;;;;;;;;;;;;;;;;;;;;;;;;;;;;;;;;;;;;;;;;;;;;;;;;;;;;;;;;;;;;;;;;;;;;;;;/h4-12,15,17,25H,13-14,16H2,1-3H3;4-12,15,25,37H,13-14,16H2,1-3H3;4-12,15-16,25H,13-14H2,1-3H3;75*1H/t3*25-,31-;;;;;;;;;;;;;;;;;;;;;;;;;;;;;;;;;;;;;;;;;;;;;;;;;;;;;;;;;;;;;;;;;;;;;;;;;;;/m111.........................................................................../s1/i;;;74*1+2T;1+2. The van der Waals surface area contributed by atoms with Crippen molar-refractivity contribution in [1.29, 1.82) is 10.5 Å². The van der Waals surface area contributed by atoms with Crippen LogP contribution in [0.4, 0.5) is 13.2 Å². The summed E-state index contributed by atoms with van der Waals surface area (Å²) in [5.41, 5.74) is 12.3. The van der Waals surface area contributed by atoms with E-state index in [0.717, 1.165) is 120 Å². The maximum absolute atomic E-state index is 15.2. The van der Waals surface area contributed by atoms with Crippen LogP contribution in [0, 0.1) is 68.7 Å². The molecule has 15 nitrogen and oxygen atoms in total. The van der Waals surface area contributed by atoms with Gasteiger partial charge in [0.25, 0.3) is 0 Å². The van der Waals surface area contributed by atoms with Crippen molar-refractivity contribution < 1.29 is 249 Å². The lowest BCUT2D eigenvalue weighted by atomic mass is 9.51. The normalized spacial score (nSPS) is 27.4. The average Bonchev–Trinajstić information content (AvgIpc) is 1.42. The number of aliphatic hydroxyl groups excluding tert-OH is 1. The second-order valence-electron chi connectivity index (χ2n) is 32.8. The van der Waals surface area contributed by atoms with Gasteiger partial charge in [0.05, 0.1) is 74.1 Å². The van der Waals surface area contributed by atoms with Gasteiger partial charge in [0, 0.05) is 344 Å². The summed E-state index contributed by atoms with van der Waals surface area (Å²) in [5.74, 6) is 1.91. The highest BCUT2D eigenvalue weighted by Crippen LogP contribution is 2.61. The van der Waals surface area contributed by atoms with E-state index in [-0.39, 0.29) is 58.7 Å². The number of benzene rings is 6. The molecular formula is C93H229F3N12O3. The fourth-order valence-electron chi connectivity index (χ4n) is 20.3. The minimum atomic E-state index is -0.737. The van der Waals surface area contributed by atoms with Gasteiger partial charge >= 0.3 is 0 Å². The minimum absolute atomic E-state index is 0. The number of pyridine rings is 3. The van der Waals surface area contributed by atoms with E-state index in [0.29, 0.717) is 88.4 Å². The number of hydrogen-bond acceptors (Lipinski definition) is 15. The highest BCUT2D eigenvalue weighted by Gasteiger charge is 2.59. The second-order valence-corrected chi connectivity index (χ2v) is 32.8. The fraction of sp³-hybridized carbons (Fsp3) is 0.280. The van der Waals surface area contributed by atoms with Crippen molar-refractivity contribution in [3.8, 4) is 80.1 Å². The number of fused-ring (bicyclic) bond motifs is 13. The molecule has 6 aliphatic carbocycles. The van der Waals surface area contributed by atoms with E-state index in [1.807, 2.05) is 150 Å². The van der Waals surface area contributed by atoms with Crippen molar-refractivity contribution in [3.05, 3.63) is 274 Å². The Morgan fingerprint density at radius 2 is 0.856 bits per heavy atom. The molecule has 6 atom stereocenters. The molecule has 111 heavy (non-hydrogen) atoms. The zero-order chi connectivity index (χ0) is 225. The topological polar surface area (TPSA) is 227 Å². The van der Waals surface area contributed by atoms with Crippen molar-refractivity contribution in [2.45, 2.75) is 135 Å². The van der Waals surface area contributed by atoms with Gasteiger partial charge < -0.3 is 9.63 Å². The zero-order valence-corrected chi connectivity index (χ0v) is 63.1. The molecule has 0 aliphatic heterocycles. The minimum Gasteiger partial charge on any atom is -0.511 e. The van der Waals surface area contributed by atoms with Gasteiger partial charge in [-0.05, 0) is 142 Å². The number of Topliss-reactive ketones (excluding diaryl/α,β-unsaturated/α-hetero) is 1. The average molecular weight is 1920 g/mol. The molecule has 7 heterocycles. The van der Waals surface area contributed by atoms with Gasteiger partial charge in [0.15, 0.2) is 23.3 Å². The molecule has 700 valence electrons. The Balaban J connectivity index is -0.0000000302. The van der Waals surface area contributed by atoms with E-state index in [9.17, 15) is 20.4 Å². The number of hydrogen-bond donors (Lipinski definition) is 1. The highest BCUT2D eigenvalue weighted by atomic mass is 19.1. The van der Waals surface area contributed by atoms with Crippen LogP contribution in [-0.4, -0.2) is 60.9 Å². The number of nitrogens with zero attached hydrogens (tertiary/aromatic N) is 12. The van der Waals surface area contributed by atoms with Crippen LogP contribution in [0.5, 0.6) is 0 Å². The van der Waals surface area contributed by atoms with E-state index in [1.54, 1.807) is 61.1 Å². The number of allylic oxidation sites excluding steroid dienone is 4. The van der Waals surface area contributed by atoms with E-state index >= 15 is 13.2 Å². The largest absolute Gasteiger partial charge is 0.511 e. The maximum Gasteiger partial charge on any atom is 0.178 e. The second kappa shape index (κ2) is 26.8. The molecule has 0 amide bonds. The summed E-state index contributed by atoms with van der Waals surface area (Å²) in [4.78, 5) is 57.3. The van der Waals surface area contributed by atoms with Crippen LogP contribution in [0.1, 0.15) is 354 Å². The van der Waals surface area contributed by atoms with Crippen molar-refractivity contribution in [2.24, 2.45) is 28.6 Å². The number of ketones is 1. The Kier molecular flexibility index (Phi) is 6.39. The lowest BCUT2D eigenvalue weighted by Gasteiger charge is -2.52. The molecule has 0 saturated heterocycles. The first-order chi connectivity index (χ1) is 127. The lowest BCUT2D eigenvalue weighted by Crippen LogP contribution is -2.52. The number of rotatable bonds is 6. The zero-order valence-electron chi connectivity index (χ0n) is 211. The summed E-state index contributed by atoms with van der Waals surface area (Å²) in [7, 11) is 0. The van der Waals surface area contributed by atoms with Crippen molar-refractivity contribution in [1.82, 2.24) is 50.0 Å². The van der Waals surface area contributed by atoms with Gasteiger partial charge in [0.1, 0.15) is 35.0 Å². The van der Waals surface area contributed by atoms with Crippen LogP contribution in [-0.2, 0) is 52.1 Å². The molecule has 0 unspecified atom stereocenters. The van der Waals surface area contributed by atoms with Gasteiger partial charge in [0.2, 0.25) is 0 Å².